The van der Waals surface area contributed by atoms with Crippen LogP contribution >= 0.6 is 0 Å². The van der Waals surface area contributed by atoms with Gasteiger partial charge in [-0.15, -0.1) is 0 Å². The van der Waals surface area contributed by atoms with Crippen molar-refractivity contribution in [3.05, 3.63) is 24.3 Å². The summed E-state index contributed by atoms with van der Waals surface area (Å²) in [6, 6.07) is 5.76. The Hall–Kier alpha value is -2.42. The Balaban J connectivity index is 1.78. The van der Waals surface area contributed by atoms with Crippen LogP contribution in [0.3, 0.4) is 0 Å². The van der Waals surface area contributed by atoms with E-state index in [2.05, 4.69) is 10.4 Å². The molecule has 2 N–H and O–H groups in total. The molecule has 0 bridgehead atoms. The van der Waals surface area contributed by atoms with Crippen molar-refractivity contribution in [2.75, 3.05) is 16.8 Å². The van der Waals surface area contributed by atoms with E-state index < -0.39 is 21.8 Å². The third-order valence-corrected chi connectivity index (χ3v) is 5.78. The number of hydrazone groups is 1. The van der Waals surface area contributed by atoms with Crippen molar-refractivity contribution in [1.82, 2.24) is 5.01 Å². The molecule has 2 heterocycles. The molecule has 1 aromatic carbocycles. The van der Waals surface area contributed by atoms with Gasteiger partial charge in [0.15, 0.2) is 9.84 Å². The zero-order valence-electron chi connectivity index (χ0n) is 12.8. The maximum absolute atomic E-state index is 12.3. The Morgan fingerprint density at radius 3 is 2.71 bits per heavy atom. The molecule has 9 heteroatoms. The van der Waals surface area contributed by atoms with Gasteiger partial charge in [0.05, 0.1) is 23.2 Å². The van der Waals surface area contributed by atoms with Crippen LogP contribution in [0.15, 0.2) is 29.4 Å². The molecule has 0 radical (unpaired) electrons. The lowest BCUT2D eigenvalue weighted by Crippen LogP contribution is -2.42. The van der Waals surface area contributed by atoms with Gasteiger partial charge in [-0.2, -0.15) is 5.10 Å². The summed E-state index contributed by atoms with van der Waals surface area (Å²) in [5.74, 6) is -0.976. The number of para-hydroxylation sites is 2. The number of sulfone groups is 1. The zero-order valence-corrected chi connectivity index (χ0v) is 13.6. The molecule has 24 heavy (non-hydrogen) atoms. The zero-order chi connectivity index (χ0) is 17.3. The number of anilines is 1. The summed E-state index contributed by atoms with van der Waals surface area (Å²) in [4.78, 5) is 24.3. The van der Waals surface area contributed by atoms with Crippen LogP contribution in [0.25, 0.3) is 0 Å². The number of aromatic hydroxyl groups is 1. The van der Waals surface area contributed by atoms with Crippen molar-refractivity contribution in [2.45, 2.75) is 25.3 Å². The molecule has 2 aliphatic heterocycles. The average molecular weight is 351 g/mol. The van der Waals surface area contributed by atoms with Crippen LogP contribution in [0, 0.1) is 0 Å². The average Bonchev–Trinajstić information content (AvgIpc) is 2.90. The number of hydrogen-bond acceptors (Lipinski definition) is 6. The SMILES string of the molecule is O=C(Nc1ccccc1O)C1=NN([C@@H]2CCS(=O)(=O)C2)C(=O)CC1. The van der Waals surface area contributed by atoms with E-state index in [1.165, 1.54) is 6.07 Å². The highest BCUT2D eigenvalue weighted by atomic mass is 32.2. The smallest absolute Gasteiger partial charge is 0.271 e. The number of hydrogen-bond donors (Lipinski definition) is 2. The summed E-state index contributed by atoms with van der Waals surface area (Å²) in [6.45, 7) is 0. The summed E-state index contributed by atoms with van der Waals surface area (Å²) in [7, 11) is -3.16. The molecule has 0 spiro atoms. The summed E-state index contributed by atoms with van der Waals surface area (Å²) >= 11 is 0. The molecule has 1 aromatic rings. The molecule has 1 atom stereocenters. The van der Waals surface area contributed by atoms with Crippen molar-refractivity contribution in [1.29, 1.82) is 0 Å². The minimum atomic E-state index is -3.16. The maximum atomic E-state index is 12.3. The molecule has 3 rings (SSSR count). The maximum Gasteiger partial charge on any atom is 0.271 e. The molecule has 0 aromatic heterocycles. The predicted molar refractivity (Wildman–Crippen MR) is 87.3 cm³/mol. The van der Waals surface area contributed by atoms with Crippen LogP contribution in [0.5, 0.6) is 5.75 Å². The number of amides is 2. The fourth-order valence-electron chi connectivity index (χ4n) is 2.76. The van der Waals surface area contributed by atoms with Crippen LogP contribution in [0.1, 0.15) is 19.3 Å². The third-order valence-electron chi connectivity index (χ3n) is 4.03. The van der Waals surface area contributed by atoms with Gasteiger partial charge in [0.2, 0.25) is 5.91 Å². The van der Waals surface area contributed by atoms with Crippen molar-refractivity contribution >= 4 is 33.1 Å². The number of phenols is 1. The Morgan fingerprint density at radius 1 is 1.29 bits per heavy atom. The van der Waals surface area contributed by atoms with Crippen LogP contribution < -0.4 is 5.32 Å². The summed E-state index contributed by atoms with van der Waals surface area (Å²) < 4.78 is 23.2. The van der Waals surface area contributed by atoms with Crippen LogP contribution in [0.4, 0.5) is 5.69 Å². The second-order valence-corrected chi connectivity index (χ2v) is 8.04. The Morgan fingerprint density at radius 2 is 2.04 bits per heavy atom. The fourth-order valence-corrected chi connectivity index (χ4v) is 4.45. The first-order valence-electron chi connectivity index (χ1n) is 7.55. The predicted octanol–water partition coefficient (Wildman–Crippen LogP) is 0.496. The molecular formula is C15H17N3O5S. The molecule has 1 saturated heterocycles. The van der Waals surface area contributed by atoms with Crippen molar-refractivity contribution in [3.8, 4) is 5.75 Å². The molecular weight excluding hydrogens is 334 g/mol. The normalized spacial score (nSPS) is 23.0. The first kappa shape index (κ1) is 16.4. The number of phenolic OH excluding ortho intramolecular Hbond substituents is 1. The highest BCUT2D eigenvalue weighted by Gasteiger charge is 2.37. The lowest BCUT2D eigenvalue weighted by Gasteiger charge is -2.27. The molecule has 128 valence electrons. The number of carbonyl (C=O) groups excluding carboxylic acids is 2. The first-order valence-corrected chi connectivity index (χ1v) is 9.37. The summed E-state index contributed by atoms with van der Waals surface area (Å²) in [5, 5.41) is 17.5. The number of nitrogens with zero attached hydrogens (tertiary/aromatic N) is 2. The number of carbonyl (C=O) groups is 2. The lowest BCUT2D eigenvalue weighted by molar-refractivity contribution is -0.133. The van der Waals surface area contributed by atoms with Gasteiger partial charge in [0, 0.05) is 12.8 Å². The Bertz CT molecular complexity index is 818. The summed E-state index contributed by atoms with van der Waals surface area (Å²) in [5.41, 5.74) is 0.388. The van der Waals surface area contributed by atoms with Crippen LogP contribution in [-0.2, 0) is 19.4 Å². The molecule has 2 amide bonds. The fraction of sp³-hybridized carbons (Fsp3) is 0.400. The largest absolute Gasteiger partial charge is 0.506 e. The van der Waals surface area contributed by atoms with Crippen molar-refractivity contribution in [2.24, 2.45) is 5.10 Å². The quantitative estimate of drug-likeness (QED) is 0.769. The van der Waals surface area contributed by atoms with Gasteiger partial charge >= 0.3 is 0 Å². The van der Waals surface area contributed by atoms with E-state index in [1.54, 1.807) is 18.2 Å². The van der Waals surface area contributed by atoms with Crippen LogP contribution in [-0.4, -0.2) is 53.6 Å². The van der Waals surface area contributed by atoms with Gasteiger partial charge in [0.25, 0.3) is 5.91 Å². The first-order chi connectivity index (χ1) is 11.4. The standard InChI is InChI=1S/C15H17N3O5S/c19-13-4-2-1-3-11(13)16-15(21)12-5-6-14(20)18(17-12)10-7-8-24(22,23)9-10/h1-4,10,19H,5-9H2,(H,16,21)/t10-/m1/s1. The van der Waals surface area contributed by atoms with E-state index in [1.807, 2.05) is 0 Å². The van der Waals surface area contributed by atoms with Gasteiger partial charge in [0.1, 0.15) is 11.5 Å². The van der Waals surface area contributed by atoms with E-state index >= 15 is 0 Å². The van der Waals surface area contributed by atoms with Gasteiger partial charge in [-0.05, 0) is 18.6 Å². The minimum Gasteiger partial charge on any atom is -0.506 e. The van der Waals surface area contributed by atoms with Gasteiger partial charge < -0.3 is 10.4 Å². The molecule has 8 nitrogen and oxygen atoms in total. The van der Waals surface area contributed by atoms with E-state index in [9.17, 15) is 23.1 Å². The number of benzene rings is 1. The summed E-state index contributed by atoms with van der Waals surface area (Å²) in [6.07, 6.45) is 0.601. The highest BCUT2D eigenvalue weighted by molar-refractivity contribution is 7.91. The molecule has 0 saturated carbocycles. The number of rotatable bonds is 3. The molecule has 0 unspecified atom stereocenters. The van der Waals surface area contributed by atoms with Crippen molar-refractivity contribution in [3.63, 3.8) is 0 Å². The monoisotopic (exact) mass is 351 g/mol. The Kier molecular flexibility index (Phi) is 4.27. The third kappa shape index (κ3) is 3.40. The van der Waals surface area contributed by atoms with E-state index in [0.29, 0.717) is 6.42 Å². The van der Waals surface area contributed by atoms with E-state index in [-0.39, 0.29) is 47.4 Å². The second kappa shape index (κ2) is 6.23. The van der Waals surface area contributed by atoms with Crippen molar-refractivity contribution < 1.29 is 23.1 Å². The minimum absolute atomic E-state index is 0.0242. The second-order valence-electron chi connectivity index (χ2n) is 5.81. The van der Waals surface area contributed by atoms with Gasteiger partial charge in [-0.25, -0.2) is 13.4 Å². The lowest BCUT2D eigenvalue weighted by atomic mass is 10.1. The van der Waals surface area contributed by atoms with E-state index in [0.717, 1.165) is 5.01 Å². The number of nitrogens with one attached hydrogen (secondary N) is 1. The topological polar surface area (TPSA) is 116 Å². The highest BCUT2D eigenvalue weighted by Crippen LogP contribution is 2.24. The Labute approximate surface area is 139 Å². The molecule has 0 aliphatic carbocycles. The van der Waals surface area contributed by atoms with Gasteiger partial charge in [-0.1, -0.05) is 12.1 Å². The molecule has 1 fully saturated rings. The van der Waals surface area contributed by atoms with Gasteiger partial charge in [-0.3, -0.25) is 9.59 Å². The molecule has 2 aliphatic rings. The van der Waals surface area contributed by atoms with Crippen LogP contribution in [0.2, 0.25) is 0 Å². The van der Waals surface area contributed by atoms with E-state index in [4.69, 9.17) is 0 Å².